The van der Waals surface area contributed by atoms with Crippen LogP contribution in [0.5, 0.6) is 11.6 Å². The van der Waals surface area contributed by atoms with Crippen molar-refractivity contribution in [2.45, 2.75) is 6.42 Å². The molecular formula is C15H15NO3. The average molecular weight is 257 g/mol. The SMILES string of the molecule is COc1ccccc1CC(=O)c1cccnc1OC. The molecule has 0 atom stereocenters. The number of methoxy groups -OCH3 is 2. The molecule has 1 aromatic heterocycles. The zero-order chi connectivity index (χ0) is 13.7. The maximum Gasteiger partial charge on any atom is 0.224 e. The summed E-state index contributed by atoms with van der Waals surface area (Å²) < 4.78 is 10.3. The molecule has 0 aliphatic rings. The van der Waals surface area contributed by atoms with E-state index in [1.165, 1.54) is 7.11 Å². The highest BCUT2D eigenvalue weighted by molar-refractivity contribution is 5.99. The lowest BCUT2D eigenvalue weighted by atomic mass is 10.0. The van der Waals surface area contributed by atoms with Gasteiger partial charge in [0.2, 0.25) is 5.88 Å². The van der Waals surface area contributed by atoms with Crippen LogP contribution >= 0.6 is 0 Å². The summed E-state index contributed by atoms with van der Waals surface area (Å²) >= 11 is 0. The van der Waals surface area contributed by atoms with Crippen molar-refractivity contribution in [3.8, 4) is 11.6 Å². The lowest BCUT2D eigenvalue weighted by Gasteiger charge is -2.09. The summed E-state index contributed by atoms with van der Waals surface area (Å²) in [5.74, 6) is 1.01. The number of Topliss-reactive ketones (excluding diaryl/α,β-unsaturated/α-hetero) is 1. The minimum atomic E-state index is -0.0468. The van der Waals surface area contributed by atoms with Gasteiger partial charge in [-0.15, -0.1) is 0 Å². The largest absolute Gasteiger partial charge is 0.496 e. The first-order chi connectivity index (χ1) is 9.26. The molecule has 0 saturated carbocycles. The number of para-hydroxylation sites is 1. The fourth-order valence-corrected chi connectivity index (χ4v) is 1.88. The zero-order valence-electron chi connectivity index (χ0n) is 10.9. The number of hydrogen-bond acceptors (Lipinski definition) is 4. The molecule has 98 valence electrons. The van der Waals surface area contributed by atoms with E-state index in [1.54, 1.807) is 25.4 Å². The Morgan fingerprint density at radius 2 is 1.89 bits per heavy atom. The second-order valence-corrected chi connectivity index (χ2v) is 3.97. The monoisotopic (exact) mass is 257 g/mol. The van der Waals surface area contributed by atoms with Gasteiger partial charge in [0, 0.05) is 18.2 Å². The van der Waals surface area contributed by atoms with E-state index in [2.05, 4.69) is 4.98 Å². The molecule has 0 unspecified atom stereocenters. The molecule has 4 nitrogen and oxygen atoms in total. The maximum atomic E-state index is 12.3. The molecule has 0 radical (unpaired) electrons. The molecule has 1 heterocycles. The van der Waals surface area contributed by atoms with Gasteiger partial charge in [0.05, 0.1) is 19.8 Å². The fraction of sp³-hybridized carbons (Fsp3) is 0.200. The summed E-state index contributed by atoms with van der Waals surface area (Å²) in [6.45, 7) is 0. The number of ketones is 1. The lowest BCUT2D eigenvalue weighted by Crippen LogP contribution is -2.07. The van der Waals surface area contributed by atoms with E-state index in [4.69, 9.17) is 9.47 Å². The summed E-state index contributed by atoms with van der Waals surface area (Å²) in [6.07, 6.45) is 1.85. The Balaban J connectivity index is 2.26. The first-order valence-electron chi connectivity index (χ1n) is 5.90. The van der Waals surface area contributed by atoms with Crippen LogP contribution in [-0.2, 0) is 6.42 Å². The van der Waals surface area contributed by atoms with E-state index in [0.29, 0.717) is 17.2 Å². The Labute approximate surface area is 112 Å². The minimum absolute atomic E-state index is 0.0468. The summed E-state index contributed by atoms with van der Waals surface area (Å²) in [4.78, 5) is 16.3. The van der Waals surface area contributed by atoms with Crippen molar-refractivity contribution in [3.63, 3.8) is 0 Å². The van der Waals surface area contributed by atoms with Crippen LogP contribution in [0, 0.1) is 0 Å². The van der Waals surface area contributed by atoms with Gasteiger partial charge in [-0.2, -0.15) is 0 Å². The van der Waals surface area contributed by atoms with Gasteiger partial charge in [-0.3, -0.25) is 4.79 Å². The van der Waals surface area contributed by atoms with Crippen LogP contribution in [-0.4, -0.2) is 25.0 Å². The van der Waals surface area contributed by atoms with Gasteiger partial charge in [-0.05, 0) is 18.2 Å². The number of carbonyl (C=O) groups excluding carboxylic acids is 1. The van der Waals surface area contributed by atoms with Crippen molar-refractivity contribution >= 4 is 5.78 Å². The minimum Gasteiger partial charge on any atom is -0.496 e. The number of ether oxygens (including phenoxy) is 2. The molecule has 2 aromatic rings. The number of rotatable bonds is 5. The standard InChI is InChI=1S/C15H15NO3/c1-18-14-8-4-3-6-11(14)10-13(17)12-7-5-9-16-15(12)19-2/h3-9H,10H2,1-2H3. The number of pyridine rings is 1. The van der Waals surface area contributed by atoms with E-state index in [1.807, 2.05) is 24.3 Å². The topological polar surface area (TPSA) is 48.4 Å². The van der Waals surface area contributed by atoms with Gasteiger partial charge in [0.15, 0.2) is 5.78 Å². The van der Waals surface area contributed by atoms with E-state index in [-0.39, 0.29) is 12.2 Å². The number of aromatic nitrogens is 1. The van der Waals surface area contributed by atoms with E-state index >= 15 is 0 Å². The molecule has 4 heteroatoms. The van der Waals surface area contributed by atoms with Crippen molar-refractivity contribution in [2.75, 3.05) is 14.2 Å². The molecule has 0 N–H and O–H groups in total. The van der Waals surface area contributed by atoms with Gasteiger partial charge in [0.25, 0.3) is 0 Å². The zero-order valence-corrected chi connectivity index (χ0v) is 10.9. The van der Waals surface area contributed by atoms with Crippen molar-refractivity contribution < 1.29 is 14.3 Å². The van der Waals surface area contributed by atoms with E-state index in [9.17, 15) is 4.79 Å². The van der Waals surface area contributed by atoms with Crippen LogP contribution in [0.1, 0.15) is 15.9 Å². The number of benzene rings is 1. The molecule has 0 saturated heterocycles. The molecule has 1 aromatic carbocycles. The third kappa shape index (κ3) is 2.91. The summed E-state index contributed by atoms with van der Waals surface area (Å²) in [7, 11) is 3.09. The second-order valence-electron chi connectivity index (χ2n) is 3.97. The van der Waals surface area contributed by atoms with Crippen molar-refractivity contribution in [1.29, 1.82) is 0 Å². The molecule has 19 heavy (non-hydrogen) atoms. The molecule has 0 amide bonds. The van der Waals surface area contributed by atoms with Gasteiger partial charge in [-0.25, -0.2) is 4.98 Å². The number of nitrogens with zero attached hydrogens (tertiary/aromatic N) is 1. The quantitative estimate of drug-likeness (QED) is 0.772. The highest BCUT2D eigenvalue weighted by atomic mass is 16.5. The van der Waals surface area contributed by atoms with Gasteiger partial charge in [0.1, 0.15) is 5.75 Å². The van der Waals surface area contributed by atoms with E-state index in [0.717, 1.165) is 5.56 Å². The summed E-state index contributed by atoms with van der Waals surface area (Å²) in [6, 6.07) is 10.9. The van der Waals surface area contributed by atoms with Gasteiger partial charge < -0.3 is 9.47 Å². The van der Waals surface area contributed by atoms with Crippen LogP contribution in [0.4, 0.5) is 0 Å². The van der Waals surface area contributed by atoms with E-state index < -0.39 is 0 Å². The predicted octanol–water partition coefficient (Wildman–Crippen LogP) is 2.52. The number of carbonyl (C=O) groups is 1. The van der Waals surface area contributed by atoms with Crippen molar-refractivity contribution in [2.24, 2.45) is 0 Å². The van der Waals surface area contributed by atoms with Crippen LogP contribution in [0.2, 0.25) is 0 Å². The lowest BCUT2D eigenvalue weighted by molar-refractivity contribution is 0.0988. The van der Waals surface area contributed by atoms with Crippen LogP contribution < -0.4 is 9.47 Å². The van der Waals surface area contributed by atoms with Gasteiger partial charge >= 0.3 is 0 Å². The van der Waals surface area contributed by atoms with Crippen molar-refractivity contribution in [1.82, 2.24) is 4.98 Å². The predicted molar refractivity (Wildman–Crippen MR) is 71.8 cm³/mol. The highest BCUT2D eigenvalue weighted by Gasteiger charge is 2.15. The fourth-order valence-electron chi connectivity index (χ4n) is 1.88. The third-order valence-electron chi connectivity index (χ3n) is 2.81. The van der Waals surface area contributed by atoms with Crippen molar-refractivity contribution in [3.05, 3.63) is 53.7 Å². The first kappa shape index (κ1) is 13.1. The molecule has 0 aliphatic heterocycles. The van der Waals surface area contributed by atoms with Crippen LogP contribution in [0.15, 0.2) is 42.6 Å². The maximum absolute atomic E-state index is 12.3. The average Bonchev–Trinajstić information content (AvgIpc) is 2.47. The molecule has 0 fully saturated rings. The first-order valence-corrected chi connectivity index (χ1v) is 5.90. The Kier molecular flexibility index (Phi) is 4.13. The Hall–Kier alpha value is -2.36. The highest BCUT2D eigenvalue weighted by Crippen LogP contribution is 2.22. The Morgan fingerprint density at radius 3 is 2.63 bits per heavy atom. The summed E-state index contributed by atoms with van der Waals surface area (Å²) in [5.41, 5.74) is 1.33. The molecule has 0 spiro atoms. The second kappa shape index (κ2) is 6.00. The normalized spacial score (nSPS) is 10.0. The number of hydrogen-bond donors (Lipinski definition) is 0. The summed E-state index contributed by atoms with van der Waals surface area (Å²) in [5, 5.41) is 0. The molecular weight excluding hydrogens is 242 g/mol. The van der Waals surface area contributed by atoms with Gasteiger partial charge in [-0.1, -0.05) is 18.2 Å². The van der Waals surface area contributed by atoms with Crippen LogP contribution in [0.3, 0.4) is 0 Å². The molecule has 0 aliphatic carbocycles. The Bertz CT molecular complexity index is 581. The molecule has 2 rings (SSSR count). The Morgan fingerprint density at radius 1 is 1.11 bits per heavy atom. The third-order valence-corrected chi connectivity index (χ3v) is 2.81. The van der Waals surface area contributed by atoms with Crippen LogP contribution in [0.25, 0.3) is 0 Å². The smallest absolute Gasteiger partial charge is 0.224 e. The molecule has 0 bridgehead atoms.